The van der Waals surface area contributed by atoms with Crippen molar-refractivity contribution in [3.8, 4) is 11.5 Å². The van der Waals surface area contributed by atoms with Crippen molar-refractivity contribution in [3.63, 3.8) is 0 Å². The zero-order valence-electron chi connectivity index (χ0n) is 18.5. The molecule has 33 heavy (non-hydrogen) atoms. The van der Waals surface area contributed by atoms with Crippen molar-refractivity contribution in [2.75, 3.05) is 19.0 Å². The highest BCUT2D eigenvalue weighted by Crippen LogP contribution is 2.29. The zero-order valence-corrected chi connectivity index (χ0v) is 18.5. The molecule has 7 heteroatoms. The minimum Gasteiger partial charge on any atom is -0.496 e. The molecule has 3 aromatic rings. The van der Waals surface area contributed by atoms with E-state index in [1.807, 2.05) is 24.3 Å². The lowest BCUT2D eigenvalue weighted by Gasteiger charge is -2.22. The number of hydrogen-bond acceptors (Lipinski definition) is 4. The Labute approximate surface area is 191 Å². The monoisotopic (exact) mass is 448 g/mol. The van der Waals surface area contributed by atoms with Crippen LogP contribution in [0.5, 0.6) is 11.5 Å². The second-order valence-electron chi connectivity index (χ2n) is 7.87. The summed E-state index contributed by atoms with van der Waals surface area (Å²) < 4.78 is 24.8. The summed E-state index contributed by atoms with van der Waals surface area (Å²) in [6, 6.07) is 18.5. The Morgan fingerprint density at radius 1 is 1.15 bits per heavy atom. The molecule has 0 aliphatic carbocycles. The van der Waals surface area contributed by atoms with Crippen molar-refractivity contribution in [1.82, 2.24) is 4.90 Å². The van der Waals surface area contributed by atoms with E-state index in [1.165, 1.54) is 18.2 Å². The SMILES string of the molecule is COc1ccccc1CCN1Cc2cc(NC(=O)c3cccc(F)c3)ccc2OC(C)C1=O. The van der Waals surface area contributed by atoms with Crippen LogP contribution in [0, 0.1) is 5.82 Å². The number of nitrogens with zero attached hydrogens (tertiary/aromatic N) is 1. The molecule has 1 atom stereocenters. The summed E-state index contributed by atoms with van der Waals surface area (Å²) in [4.78, 5) is 27.2. The van der Waals surface area contributed by atoms with Crippen LogP contribution in [0.1, 0.15) is 28.4 Å². The van der Waals surface area contributed by atoms with E-state index in [0.717, 1.165) is 16.9 Å². The van der Waals surface area contributed by atoms with Gasteiger partial charge < -0.3 is 19.7 Å². The van der Waals surface area contributed by atoms with Crippen molar-refractivity contribution in [1.29, 1.82) is 0 Å². The first-order chi connectivity index (χ1) is 15.9. The maximum atomic E-state index is 13.5. The molecule has 1 heterocycles. The molecule has 1 aliphatic rings. The van der Waals surface area contributed by atoms with Crippen molar-refractivity contribution < 1.29 is 23.5 Å². The molecular formula is C26H25FN2O4. The zero-order chi connectivity index (χ0) is 23.4. The number of benzene rings is 3. The average Bonchev–Trinajstić information content (AvgIpc) is 2.93. The van der Waals surface area contributed by atoms with Crippen LogP contribution in [-0.4, -0.2) is 36.5 Å². The van der Waals surface area contributed by atoms with Gasteiger partial charge in [-0.05, 0) is 61.4 Å². The Morgan fingerprint density at radius 2 is 1.97 bits per heavy atom. The van der Waals surface area contributed by atoms with Gasteiger partial charge in [-0.15, -0.1) is 0 Å². The van der Waals surface area contributed by atoms with Gasteiger partial charge in [0.05, 0.1) is 7.11 Å². The predicted molar refractivity (Wildman–Crippen MR) is 123 cm³/mol. The summed E-state index contributed by atoms with van der Waals surface area (Å²) in [6.45, 7) is 2.57. The van der Waals surface area contributed by atoms with E-state index in [0.29, 0.717) is 30.9 Å². The number of rotatable bonds is 6. The number of amides is 2. The number of halogens is 1. The van der Waals surface area contributed by atoms with Gasteiger partial charge in [-0.1, -0.05) is 24.3 Å². The van der Waals surface area contributed by atoms with Crippen LogP contribution in [0.3, 0.4) is 0 Å². The van der Waals surface area contributed by atoms with E-state index in [1.54, 1.807) is 43.2 Å². The highest BCUT2D eigenvalue weighted by atomic mass is 19.1. The number of anilines is 1. The van der Waals surface area contributed by atoms with Gasteiger partial charge in [0.2, 0.25) is 0 Å². The van der Waals surface area contributed by atoms with Crippen molar-refractivity contribution in [2.45, 2.75) is 26.0 Å². The van der Waals surface area contributed by atoms with E-state index in [4.69, 9.17) is 9.47 Å². The highest BCUT2D eigenvalue weighted by molar-refractivity contribution is 6.04. The number of hydrogen-bond donors (Lipinski definition) is 1. The number of fused-ring (bicyclic) bond motifs is 1. The van der Waals surface area contributed by atoms with Crippen LogP contribution in [-0.2, 0) is 17.8 Å². The molecule has 0 saturated heterocycles. The van der Waals surface area contributed by atoms with Crippen LogP contribution in [0.25, 0.3) is 0 Å². The molecule has 1 N–H and O–H groups in total. The molecular weight excluding hydrogens is 423 g/mol. The van der Waals surface area contributed by atoms with E-state index in [2.05, 4.69) is 5.32 Å². The molecule has 0 bridgehead atoms. The molecule has 0 aromatic heterocycles. The van der Waals surface area contributed by atoms with Gasteiger partial charge in [0.1, 0.15) is 17.3 Å². The molecule has 2 amide bonds. The number of ether oxygens (including phenoxy) is 2. The van der Waals surface area contributed by atoms with E-state index < -0.39 is 17.8 Å². The largest absolute Gasteiger partial charge is 0.496 e. The Hall–Kier alpha value is -3.87. The van der Waals surface area contributed by atoms with Gasteiger partial charge >= 0.3 is 0 Å². The fourth-order valence-electron chi connectivity index (χ4n) is 3.86. The summed E-state index contributed by atoms with van der Waals surface area (Å²) in [7, 11) is 1.63. The number of nitrogens with one attached hydrogen (secondary N) is 1. The minimum atomic E-state index is -0.628. The lowest BCUT2D eigenvalue weighted by Crippen LogP contribution is -2.39. The molecule has 3 aromatic carbocycles. The molecule has 4 rings (SSSR count). The van der Waals surface area contributed by atoms with E-state index in [-0.39, 0.29) is 11.5 Å². The van der Waals surface area contributed by atoms with Crippen LogP contribution in [0.4, 0.5) is 10.1 Å². The molecule has 6 nitrogen and oxygen atoms in total. The minimum absolute atomic E-state index is 0.105. The molecule has 1 aliphatic heterocycles. The van der Waals surface area contributed by atoms with Gasteiger partial charge in [0.25, 0.3) is 11.8 Å². The van der Waals surface area contributed by atoms with Crippen LogP contribution in [0.15, 0.2) is 66.7 Å². The van der Waals surface area contributed by atoms with Crippen molar-refractivity contribution in [3.05, 3.63) is 89.2 Å². The topological polar surface area (TPSA) is 67.9 Å². The van der Waals surface area contributed by atoms with E-state index >= 15 is 0 Å². The summed E-state index contributed by atoms with van der Waals surface area (Å²) in [5.41, 5.74) is 2.56. The Bertz CT molecular complexity index is 1180. The van der Waals surface area contributed by atoms with Crippen LogP contribution in [0.2, 0.25) is 0 Å². The standard InChI is InChI=1S/C26H25FN2O4/c1-17-26(31)29(13-12-18-6-3-4-9-23(18)32-2)16-20-15-22(10-11-24(20)33-17)28-25(30)19-7-5-8-21(27)14-19/h3-11,14-15,17H,12-13,16H2,1-2H3,(H,28,30). The maximum Gasteiger partial charge on any atom is 0.263 e. The normalized spacial score (nSPS) is 15.3. The lowest BCUT2D eigenvalue weighted by molar-refractivity contribution is -0.137. The molecule has 0 saturated carbocycles. The first kappa shape index (κ1) is 22.3. The van der Waals surface area contributed by atoms with Gasteiger partial charge in [-0.3, -0.25) is 9.59 Å². The Kier molecular flexibility index (Phi) is 6.58. The summed E-state index contributed by atoms with van der Waals surface area (Å²) >= 11 is 0. The predicted octanol–water partition coefficient (Wildman–Crippen LogP) is 4.44. The fourth-order valence-corrected chi connectivity index (χ4v) is 3.86. The molecule has 170 valence electrons. The van der Waals surface area contributed by atoms with Crippen LogP contribution >= 0.6 is 0 Å². The number of para-hydroxylation sites is 1. The summed E-state index contributed by atoms with van der Waals surface area (Å²) in [6.07, 6.45) is 0.00464. The van der Waals surface area contributed by atoms with Gasteiger partial charge in [0, 0.05) is 29.9 Å². The smallest absolute Gasteiger partial charge is 0.263 e. The first-order valence-corrected chi connectivity index (χ1v) is 10.7. The average molecular weight is 448 g/mol. The van der Waals surface area contributed by atoms with Crippen molar-refractivity contribution in [2.24, 2.45) is 0 Å². The fraction of sp³-hybridized carbons (Fsp3) is 0.231. The van der Waals surface area contributed by atoms with Gasteiger partial charge in [-0.2, -0.15) is 0 Å². The molecule has 0 fully saturated rings. The second-order valence-corrected chi connectivity index (χ2v) is 7.87. The Balaban J connectivity index is 1.52. The van der Waals surface area contributed by atoms with Gasteiger partial charge in [-0.25, -0.2) is 4.39 Å². The van der Waals surface area contributed by atoms with Crippen LogP contribution < -0.4 is 14.8 Å². The third kappa shape index (κ3) is 5.14. The summed E-state index contributed by atoms with van der Waals surface area (Å²) in [5, 5.41) is 2.79. The maximum absolute atomic E-state index is 13.5. The number of carbonyl (C=O) groups is 2. The third-order valence-electron chi connectivity index (χ3n) is 5.57. The summed E-state index contributed by atoms with van der Waals surface area (Å²) in [5.74, 6) is 0.385. The number of methoxy groups -OCH3 is 1. The van der Waals surface area contributed by atoms with E-state index in [9.17, 15) is 14.0 Å². The highest BCUT2D eigenvalue weighted by Gasteiger charge is 2.28. The second kappa shape index (κ2) is 9.73. The molecule has 0 spiro atoms. The van der Waals surface area contributed by atoms with Crippen molar-refractivity contribution >= 4 is 17.5 Å². The molecule has 1 unspecified atom stereocenters. The molecule has 0 radical (unpaired) electrons. The quantitative estimate of drug-likeness (QED) is 0.606. The third-order valence-corrected chi connectivity index (χ3v) is 5.57. The lowest BCUT2D eigenvalue weighted by atomic mass is 10.1. The first-order valence-electron chi connectivity index (χ1n) is 10.7. The van der Waals surface area contributed by atoms with Gasteiger partial charge in [0.15, 0.2) is 6.10 Å². The Morgan fingerprint density at radius 3 is 2.76 bits per heavy atom. The number of carbonyl (C=O) groups excluding carboxylic acids is 2.